The van der Waals surface area contributed by atoms with Gasteiger partial charge < -0.3 is 19.9 Å². The van der Waals surface area contributed by atoms with Crippen LogP contribution >= 0.6 is 11.8 Å². The van der Waals surface area contributed by atoms with Crippen molar-refractivity contribution in [3.63, 3.8) is 0 Å². The lowest BCUT2D eigenvalue weighted by Gasteiger charge is -2.11. The van der Waals surface area contributed by atoms with Gasteiger partial charge in [-0.1, -0.05) is 0 Å². The summed E-state index contributed by atoms with van der Waals surface area (Å²) in [5.41, 5.74) is 1.22. The Morgan fingerprint density at radius 3 is 2.64 bits per heavy atom. The lowest BCUT2D eigenvalue weighted by molar-refractivity contribution is -0.138. The number of aliphatic carboxylic acids is 1. The van der Waals surface area contributed by atoms with Gasteiger partial charge in [0.2, 0.25) is 5.88 Å². The fraction of sp³-hybridized carbons (Fsp3) is 0.632. The van der Waals surface area contributed by atoms with Crippen molar-refractivity contribution in [2.45, 2.75) is 38.6 Å². The highest BCUT2D eigenvalue weighted by Gasteiger charge is 2.12. The molecule has 8 nitrogen and oxygen atoms in total. The van der Waals surface area contributed by atoms with Gasteiger partial charge in [0.15, 0.2) is 0 Å². The van der Waals surface area contributed by atoms with Crippen LogP contribution in [0.4, 0.5) is 0 Å². The number of aromatic nitrogens is 2. The zero-order valence-electron chi connectivity index (χ0n) is 16.1. The highest BCUT2D eigenvalue weighted by molar-refractivity contribution is 7.99. The van der Waals surface area contributed by atoms with Gasteiger partial charge in [0.25, 0.3) is 0 Å². The topological polar surface area (TPSA) is 103 Å². The maximum Gasteiger partial charge on any atom is 0.331 e. The number of hydrogen-bond donors (Lipinski definition) is 2. The van der Waals surface area contributed by atoms with E-state index >= 15 is 0 Å². The summed E-state index contributed by atoms with van der Waals surface area (Å²) in [7, 11) is 0. The number of carbonyl (C=O) groups is 2. The van der Waals surface area contributed by atoms with Crippen molar-refractivity contribution in [2.24, 2.45) is 0 Å². The molecule has 9 heteroatoms. The molecule has 3 heterocycles. The summed E-state index contributed by atoms with van der Waals surface area (Å²) in [6, 6.07) is 1.98. The van der Waals surface area contributed by atoms with E-state index in [0.29, 0.717) is 18.9 Å². The third-order valence-electron chi connectivity index (χ3n) is 4.14. The summed E-state index contributed by atoms with van der Waals surface area (Å²) < 4.78 is 12.4. The van der Waals surface area contributed by atoms with Crippen molar-refractivity contribution >= 4 is 23.7 Å². The third kappa shape index (κ3) is 9.27. The summed E-state index contributed by atoms with van der Waals surface area (Å²) in [4.78, 5) is 21.3. The highest BCUT2D eigenvalue weighted by atomic mass is 32.2. The molecular formula is C19H29N3O5S. The Hall–Kier alpha value is -2.00. The van der Waals surface area contributed by atoms with Crippen molar-refractivity contribution in [3.8, 4) is 5.88 Å². The number of aryl methyl sites for hydroxylation is 2. The summed E-state index contributed by atoms with van der Waals surface area (Å²) >= 11 is 2.03. The molecule has 0 bridgehead atoms. The molecule has 2 N–H and O–H groups in total. The molecule has 28 heavy (non-hydrogen) atoms. The predicted molar refractivity (Wildman–Crippen MR) is 108 cm³/mol. The molecule has 1 saturated heterocycles. The van der Waals surface area contributed by atoms with Crippen molar-refractivity contribution in [1.29, 1.82) is 0 Å². The number of carbonyl (C=O) groups excluding carboxylic acids is 1. The fourth-order valence-electron chi connectivity index (χ4n) is 2.72. The van der Waals surface area contributed by atoms with E-state index in [0.717, 1.165) is 38.0 Å². The van der Waals surface area contributed by atoms with Crippen LogP contribution in [0.15, 0.2) is 18.2 Å². The van der Waals surface area contributed by atoms with E-state index in [4.69, 9.17) is 14.6 Å². The average molecular weight is 412 g/mol. The Morgan fingerprint density at radius 1 is 1.21 bits per heavy atom. The number of nitrogens with one attached hydrogen (secondary N) is 1. The Bertz CT molecular complexity index is 609. The largest absolute Gasteiger partial charge is 0.478 e. The molecule has 1 aromatic rings. The van der Waals surface area contributed by atoms with Gasteiger partial charge in [0.05, 0.1) is 13.2 Å². The van der Waals surface area contributed by atoms with Crippen molar-refractivity contribution in [3.05, 3.63) is 23.9 Å². The monoisotopic (exact) mass is 411 g/mol. The molecule has 3 rings (SSSR count). The van der Waals surface area contributed by atoms with Gasteiger partial charge in [-0.15, -0.1) is 5.10 Å². The van der Waals surface area contributed by atoms with E-state index in [2.05, 4.69) is 10.4 Å². The standard InChI is InChI=1S/C15H20N2O5.C4H9NS/c18-14(19)6-7-15(20)22-10-4-3-9-21-13-11-12-5-1-2-8-17(12)16-13;1-3-6-4-2-5-1/h6-7,11H,1-5,8-10H2,(H,18,19);5H,1-4H2/b7-6-;. The Kier molecular flexibility index (Phi) is 10.5. The molecule has 0 amide bonds. The van der Waals surface area contributed by atoms with Gasteiger partial charge >= 0.3 is 11.9 Å². The van der Waals surface area contributed by atoms with Gasteiger partial charge in [-0.25, -0.2) is 9.59 Å². The summed E-state index contributed by atoms with van der Waals surface area (Å²) in [6.45, 7) is 4.14. The fourth-order valence-corrected chi connectivity index (χ4v) is 3.50. The number of fused-ring (bicyclic) bond motifs is 1. The first kappa shape index (κ1) is 22.3. The molecule has 0 saturated carbocycles. The average Bonchev–Trinajstić information content (AvgIpc) is 3.13. The summed E-state index contributed by atoms with van der Waals surface area (Å²) in [5, 5.41) is 16.0. The van der Waals surface area contributed by atoms with Crippen LogP contribution in [0.3, 0.4) is 0 Å². The molecule has 0 atom stereocenters. The molecule has 0 radical (unpaired) electrons. The van der Waals surface area contributed by atoms with Crippen LogP contribution in [0.1, 0.15) is 31.4 Å². The van der Waals surface area contributed by atoms with Crippen LogP contribution in [-0.2, 0) is 27.3 Å². The Labute approximate surface area is 169 Å². The van der Waals surface area contributed by atoms with Crippen LogP contribution in [0.2, 0.25) is 0 Å². The molecule has 0 unspecified atom stereocenters. The van der Waals surface area contributed by atoms with Crippen LogP contribution in [0.5, 0.6) is 5.88 Å². The van der Waals surface area contributed by atoms with Crippen molar-refractivity contribution < 1.29 is 24.2 Å². The maximum absolute atomic E-state index is 11.1. The second-order valence-corrected chi connectivity index (χ2v) is 7.64. The van der Waals surface area contributed by atoms with Gasteiger partial charge in [-0.2, -0.15) is 11.8 Å². The molecule has 0 aromatic carbocycles. The van der Waals surface area contributed by atoms with Gasteiger partial charge in [0, 0.05) is 55.1 Å². The number of carboxylic acids is 1. The minimum Gasteiger partial charge on any atom is -0.478 e. The second kappa shape index (κ2) is 13.2. The number of nitrogens with zero attached hydrogens (tertiary/aromatic N) is 2. The lowest BCUT2D eigenvalue weighted by atomic mass is 10.1. The highest BCUT2D eigenvalue weighted by Crippen LogP contribution is 2.19. The first-order valence-electron chi connectivity index (χ1n) is 9.71. The minimum absolute atomic E-state index is 0.242. The van der Waals surface area contributed by atoms with E-state index in [1.165, 1.54) is 36.7 Å². The number of hydrogen-bond acceptors (Lipinski definition) is 7. The molecule has 2 aliphatic rings. The van der Waals surface area contributed by atoms with E-state index in [9.17, 15) is 9.59 Å². The molecule has 1 aromatic heterocycles. The molecule has 2 aliphatic heterocycles. The predicted octanol–water partition coefficient (Wildman–Crippen LogP) is 1.89. The smallest absolute Gasteiger partial charge is 0.331 e. The molecule has 1 fully saturated rings. The van der Waals surface area contributed by atoms with Gasteiger partial charge in [-0.3, -0.25) is 4.68 Å². The zero-order valence-corrected chi connectivity index (χ0v) is 16.9. The third-order valence-corrected chi connectivity index (χ3v) is 5.12. The minimum atomic E-state index is -1.17. The van der Waals surface area contributed by atoms with E-state index < -0.39 is 11.9 Å². The Morgan fingerprint density at radius 2 is 2.00 bits per heavy atom. The zero-order chi connectivity index (χ0) is 20.0. The number of unbranched alkanes of at least 4 members (excludes halogenated alkanes) is 1. The number of thioether (sulfide) groups is 1. The second-order valence-electron chi connectivity index (χ2n) is 6.41. The van der Waals surface area contributed by atoms with Crippen LogP contribution in [-0.4, -0.2) is 64.6 Å². The lowest BCUT2D eigenvalue weighted by Crippen LogP contribution is -2.24. The summed E-state index contributed by atoms with van der Waals surface area (Å²) in [6.07, 6.45) is 6.46. The van der Waals surface area contributed by atoms with Gasteiger partial charge in [0.1, 0.15) is 0 Å². The number of carboxylic acid groups (broad SMARTS) is 1. The number of esters is 1. The molecule has 0 spiro atoms. The van der Waals surface area contributed by atoms with E-state index in [-0.39, 0.29) is 6.61 Å². The van der Waals surface area contributed by atoms with Crippen molar-refractivity contribution in [2.75, 3.05) is 37.8 Å². The quantitative estimate of drug-likeness (QED) is 0.380. The van der Waals surface area contributed by atoms with Crippen LogP contribution in [0.25, 0.3) is 0 Å². The van der Waals surface area contributed by atoms with E-state index in [1.54, 1.807) is 0 Å². The SMILES string of the molecule is C1CSCCN1.O=C(O)/C=C\C(=O)OCCCCOc1cc2n(n1)CCCC2. The maximum atomic E-state index is 11.1. The normalized spacial score (nSPS) is 16.0. The molecule has 156 valence electrons. The first-order chi connectivity index (χ1) is 13.6. The summed E-state index contributed by atoms with van der Waals surface area (Å²) in [5.74, 6) is 1.44. The van der Waals surface area contributed by atoms with Gasteiger partial charge in [-0.05, 0) is 32.1 Å². The van der Waals surface area contributed by atoms with Crippen LogP contribution in [0, 0.1) is 0 Å². The molecular weight excluding hydrogens is 382 g/mol. The first-order valence-corrected chi connectivity index (χ1v) is 10.9. The number of ether oxygens (including phenoxy) is 2. The van der Waals surface area contributed by atoms with E-state index in [1.807, 2.05) is 22.5 Å². The van der Waals surface area contributed by atoms with Crippen LogP contribution < -0.4 is 10.1 Å². The number of rotatable bonds is 8. The molecule has 0 aliphatic carbocycles. The van der Waals surface area contributed by atoms with Crippen molar-refractivity contribution in [1.82, 2.24) is 15.1 Å². The Balaban J connectivity index is 0.000000397.